The smallest absolute Gasteiger partial charge is 0.431 e. The van der Waals surface area contributed by atoms with Gasteiger partial charge in [0, 0.05) is 63.3 Å². The Labute approximate surface area is 244 Å². The molecule has 10 nitrogen and oxygen atoms in total. The van der Waals surface area contributed by atoms with Crippen LogP contribution in [0, 0.1) is 0 Å². The first-order chi connectivity index (χ1) is 20.3. The number of para-hydroxylation sites is 2. The third-order valence-electron chi connectivity index (χ3n) is 7.39. The molecule has 2 heterocycles. The highest BCUT2D eigenvalue weighted by Gasteiger charge is 2.28. The molecule has 1 aromatic heterocycles. The van der Waals surface area contributed by atoms with Crippen LogP contribution in [0.3, 0.4) is 0 Å². The second kappa shape index (κ2) is 12.8. The number of anilines is 1. The minimum atomic E-state index is -1.30. The van der Waals surface area contributed by atoms with Gasteiger partial charge in [-0.1, -0.05) is 66.7 Å². The second-order valence-electron chi connectivity index (χ2n) is 10.4. The first-order valence-corrected chi connectivity index (χ1v) is 13.8. The van der Waals surface area contributed by atoms with Gasteiger partial charge < -0.3 is 10.0 Å². The summed E-state index contributed by atoms with van der Waals surface area (Å²) < 4.78 is 0. The molecule has 0 aliphatic carbocycles. The Morgan fingerprint density at radius 1 is 0.833 bits per heavy atom. The van der Waals surface area contributed by atoms with Crippen molar-refractivity contribution in [3.8, 4) is 11.3 Å². The summed E-state index contributed by atoms with van der Waals surface area (Å²) in [5.41, 5.74) is 6.23. The maximum atomic E-state index is 14.1. The molecular formula is C32H34N6O4. The van der Waals surface area contributed by atoms with Crippen LogP contribution >= 0.6 is 0 Å². The van der Waals surface area contributed by atoms with Gasteiger partial charge >= 0.3 is 6.09 Å². The molecule has 42 heavy (non-hydrogen) atoms. The number of carbonyl (C=O) groups excluding carboxylic acids is 2. The lowest BCUT2D eigenvalue weighted by Gasteiger charge is -2.35. The molecule has 1 aliphatic rings. The first-order valence-electron chi connectivity index (χ1n) is 13.8. The largest absolute Gasteiger partial charge is 0.463 e. The number of hydrogen-bond acceptors (Lipinski definition) is 6. The minimum absolute atomic E-state index is 0.0638. The van der Waals surface area contributed by atoms with E-state index >= 15 is 0 Å². The molecule has 2 N–H and O–H groups in total. The van der Waals surface area contributed by atoms with Crippen LogP contribution in [0.4, 0.5) is 10.5 Å². The molecule has 0 unspecified atom stereocenters. The number of amides is 3. The zero-order valence-corrected chi connectivity index (χ0v) is 23.7. The summed E-state index contributed by atoms with van der Waals surface area (Å²) in [4.78, 5) is 49.6. The summed E-state index contributed by atoms with van der Waals surface area (Å²) in [6.45, 7) is 3.62. The summed E-state index contributed by atoms with van der Waals surface area (Å²) in [6, 6.07) is 25.6. The molecule has 10 heteroatoms. The molecule has 3 amide bonds. The van der Waals surface area contributed by atoms with Crippen molar-refractivity contribution in [2.45, 2.75) is 6.54 Å². The van der Waals surface area contributed by atoms with Crippen molar-refractivity contribution >= 4 is 34.5 Å². The number of aromatic nitrogens is 1. The zero-order chi connectivity index (χ0) is 29.6. The number of nitrogens with one attached hydrogen (secondary N) is 1. The average molecular weight is 567 g/mol. The Bertz CT molecular complexity index is 1570. The molecular weight excluding hydrogens is 532 g/mol. The fraction of sp³-hybridized carbons (Fsp3) is 0.250. The third kappa shape index (κ3) is 6.40. The van der Waals surface area contributed by atoms with Gasteiger partial charge in [0.2, 0.25) is 5.91 Å². The number of benzene rings is 3. The summed E-state index contributed by atoms with van der Waals surface area (Å²) in [5, 5.41) is 11.5. The molecule has 0 saturated carbocycles. The topological polar surface area (TPSA) is 109 Å². The number of hydrazine groups is 1. The number of carboxylic acid groups (broad SMARTS) is 1. The normalized spacial score (nSPS) is 14.0. The van der Waals surface area contributed by atoms with Crippen LogP contribution in [-0.2, 0) is 11.3 Å². The minimum Gasteiger partial charge on any atom is -0.463 e. The van der Waals surface area contributed by atoms with E-state index in [4.69, 9.17) is 4.98 Å². The Morgan fingerprint density at radius 2 is 1.43 bits per heavy atom. The quantitative estimate of drug-likeness (QED) is 0.326. The molecule has 0 spiro atoms. The van der Waals surface area contributed by atoms with E-state index in [-0.39, 0.29) is 5.91 Å². The standard InChI is InChI=1S/C32H34N6O4/c1-35(2)28(39)22-37-19-17-36(18-20-37)21-26-29(31(40)34-38(32(41)42)24-13-7-4-8-14-24)25-15-9-10-16-27(25)33-30(26)23-11-5-3-6-12-23/h3-16H,17-22H2,1-2H3,(H,34,40)(H,41,42). The van der Waals surface area contributed by atoms with E-state index in [2.05, 4.69) is 15.2 Å². The maximum absolute atomic E-state index is 14.1. The monoisotopic (exact) mass is 566 g/mol. The van der Waals surface area contributed by atoms with E-state index in [0.717, 1.165) is 10.6 Å². The molecule has 1 saturated heterocycles. The Morgan fingerprint density at radius 3 is 2.07 bits per heavy atom. The number of rotatable bonds is 7. The number of hydrogen-bond donors (Lipinski definition) is 2. The van der Waals surface area contributed by atoms with E-state index in [9.17, 15) is 19.5 Å². The number of pyridine rings is 1. The van der Waals surface area contributed by atoms with Gasteiger partial charge in [-0.25, -0.2) is 9.78 Å². The molecule has 0 radical (unpaired) electrons. The van der Waals surface area contributed by atoms with E-state index in [1.165, 1.54) is 0 Å². The number of nitrogens with zero attached hydrogens (tertiary/aromatic N) is 5. The van der Waals surface area contributed by atoms with Crippen LogP contribution in [0.2, 0.25) is 0 Å². The van der Waals surface area contributed by atoms with Crippen molar-refractivity contribution < 1.29 is 19.5 Å². The van der Waals surface area contributed by atoms with Gasteiger partial charge in [-0.05, 0) is 18.2 Å². The lowest BCUT2D eigenvalue weighted by molar-refractivity contribution is -0.130. The van der Waals surface area contributed by atoms with E-state index in [1.807, 2.05) is 54.6 Å². The van der Waals surface area contributed by atoms with Gasteiger partial charge in [0.1, 0.15) is 0 Å². The SMILES string of the molecule is CN(C)C(=O)CN1CCN(Cc2c(-c3ccccc3)nc3ccccc3c2C(=O)NN(C(=O)O)c2ccccc2)CC1. The zero-order valence-electron chi connectivity index (χ0n) is 23.7. The van der Waals surface area contributed by atoms with Crippen molar-refractivity contribution in [1.29, 1.82) is 0 Å². The summed E-state index contributed by atoms with van der Waals surface area (Å²) in [7, 11) is 3.51. The highest BCUT2D eigenvalue weighted by molar-refractivity contribution is 6.10. The lowest BCUT2D eigenvalue weighted by Crippen LogP contribution is -2.49. The molecule has 0 atom stereocenters. The highest BCUT2D eigenvalue weighted by atomic mass is 16.4. The second-order valence-corrected chi connectivity index (χ2v) is 10.4. The summed E-state index contributed by atoms with van der Waals surface area (Å²) in [6.07, 6.45) is -1.30. The molecule has 4 aromatic rings. The molecule has 5 rings (SSSR count). The Kier molecular flexibility index (Phi) is 8.75. The molecule has 0 bridgehead atoms. The number of fused-ring (bicyclic) bond motifs is 1. The van der Waals surface area contributed by atoms with Gasteiger partial charge in [-0.2, -0.15) is 5.01 Å². The highest BCUT2D eigenvalue weighted by Crippen LogP contribution is 2.32. The molecule has 1 aliphatic heterocycles. The van der Waals surface area contributed by atoms with Gasteiger partial charge in [-0.15, -0.1) is 0 Å². The van der Waals surface area contributed by atoms with Gasteiger partial charge in [0.15, 0.2) is 0 Å². The van der Waals surface area contributed by atoms with Crippen LogP contribution in [0.15, 0.2) is 84.9 Å². The lowest BCUT2D eigenvalue weighted by atomic mass is 9.95. The van der Waals surface area contributed by atoms with Crippen LogP contribution in [0.5, 0.6) is 0 Å². The number of likely N-dealkylation sites (N-methyl/N-ethyl adjacent to an activating group) is 1. The van der Waals surface area contributed by atoms with Crippen LogP contribution in [0.25, 0.3) is 22.2 Å². The maximum Gasteiger partial charge on any atom is 0.431 e. The van der Waals surface area contributed by atoms with Crippen molar-refractivity contribution in [3.05, 3.63) is 96.1 Å². The third-order valence-corrected chi connectivity index (χ3v) is 7.39. The van der Waals surface area contributed by atoms with Crippen LogP contribution < -0.4 is 10.4 Å². The van der Waals surface area contributed by atoms with Crippen molar-refractivity contribution in [3.63, 3.8) is 0 Å². The Balaban J connectivity index is 1.54. The molecule has 1 fully saturated rings. The van der Waals surface area contributed by atoms with Gasteiger partial charge in [0.25, 0.3) is 5.91 Å². The van der Waals surface area contributed by atoms with Crippen molar-refractivity contribution in [2.75, 3.05) is 51.8 Å². The predicted molar refractivity (Wildman–Crippen MR) is 162 cm³/mol. The first kappa shape index (κ1) is 28.7. The van der Waals surface area contributed by atoms with Crippen LogP contribution in [0.1, 0.15) is 15.9 Å². The molecule has 3 aromatic carbocycles. The van der Waals surface area contributed by atoms with Crippen molar-refractivity contribution in [2.24, 2.45) is 0 Å². The summed E-state index contributed by atoms with van der Waals surface area (Å²) >= 11 is 0. The number of carbonyl (C=O) groups is 3. The van der Waals surface area contributed by atoms with Gasteiger partial charge in [0.05, 0.1) is 29.0 Å². The van der Waals surface area contributed by atoms with E-state index in [0.29, 0.717) is 72.7 Å². The fourth-order valence-corrected chi connectivity index (χ4v) is 5.12. The van der Waals surface area contributed by atoms with E-state index in [1.54, 1.807) is 49.3 Å². The average Bonchev–Trinajstić information content (AvgIpc) is 3.01. The van der Waals surface area contributed by atoms with Crippen molar-refractivity contribution in [1.82, 2.24) is 25.1 Å². The summed E-state index contributed by atoms with van der Waals surface area (Å²) in [5.74, 6) is -0.476. The fourth-order valence-electron chi connectivity index (χ4n) is 5.12. The molecule has 216 valence electrons. The van der Waals surface area contributed by atoms with Crippen LogP contribution in [-0.4, -0.2) is 89.5 Å². The predicted octanol–water partition coefficient (Wildman–Crippen LogP) is 3.94. The van der Waals surface area contributed by atoms with Gasteiger partial charge in [-0.3, -0.25) is 24.8 Å². The van der Waals surface area contributed by atoms with E-state index < -0.39 is 12.0 Å². The Hall–Kier alpha value is -4.80. The number of piperazine rings is 1.